The molecule has 32 heavy (non-hydrogen) atoms. The van der Waals surface area contributed by atoms with Gasteiger partial charge in [0.1, 0.15) is 5.75 Å². The molecule has 0 atom stereocenters. The number of nitrogens with zero attached hydrogens (tertiary/aromatic N) is 4. The van der Waals surface area contributed by atoms with Crippen LogP contribution < -0.4 is 9.64 Å². The van der Waals surface area contributed by atoms with Gasteiger partial charge < -0.3 is 14.7 Å². The number of methoxy groups -OCH3 is 1. The van der Waals surface area contributed by atoms with Crippen molar-refractivity contribution in [1.82, 2.24) is 14.8 Å². The van der Waals surface area contributed by atoms with Crippen molar-refractivity contribution >= 4 is 39.9 Å². The maximum atomic E-state index is 11.6. The first kappa shape index (κ1) is 19.8. The molecule has 0 spiro atoms. The lowest BCUT2D eigenvalue weighted by atomic mass is 10.0. The topological polar surface area (TPSA) is 80.5 Å². The SMILES string of the molecule is COc1ccc(N(C)c2cccc3c(C4=Cc5nccc(C(=O)O)c5C4)nn(C)c23)cc1. The van der Waals surface area contributed by atoms with Crippen molar-refractivity contribution in [3.05, 3.63) is 77.2 Å². The molecule has 2 aromatic heterocycles. The number of rotatable bonds is 5. The van der Waals surface area contributed by atoms with Crippen molar-refractivity contribution in [2.75, 3.05) is 19.1 Å². The van der Waals surface area contributed by atoms with E-state index in [0.29, 0.717) is 17.7 Å². The van der Waals surface area contributed by atoms with Crippen molar-refractivity contribution < 1.29 is 14.6 Å². The molecule has 7 heteroatoms. The molecule has 7 nitrogen and oxygen atoms in total. The van der Waals surface area contributed by atoms with Crippen LogP contribution in [0.3, 0.4) is 0 Å². The highest BCUT2D eigenvalue weighted by molar-refractivity contribution is 6.04. The summed E-state index contributed by atoms with van der Waals surface area (Å²) in [6.07, 6.45) is 3.99. The summed E-state index contributed by atoms with van der Waals surface area (Å²) in [6, 6.07) is 15.6. The number of para-hydroxylation sites is 1. The third kappa shape index (κ3) is 3.10. The van der Waals surface area contributed by atoms with E-state index in [4.69, 9.17) is 9.84 Å². The Morgan fingerprint density at radius 3 is 2.66 bits per heavy atom. The molecular formula is C25H22N4O3. The molecule has 0 bridgehead atoms. The minimum atomic E-state index is -0.937. The van der Waals surface area contributed by atoms with E-state index in [1.54, 1.807) is 19.4 Å². The predicted octanol–water partition coefficient (Wildman–Crippen LogP) is 4.54. The van der Waals surface area contributed by atoms with Crippen molar-refractivity contribution in [2.24, 2.45) is 7.05 Å². The van der Waals surface area contributed by atoms with Crippen LogP contribution in [0.5, 0.6) is 5.75 Å². The molecule has 0 saturated heterocycles. The Balaban J connectivity index is 1.58. The molecule has 4 aromatic rings. The second-order valence-electron chi connectivity index (χ2n) is 7.78. The molecule has 0 amide bonds. The smallest absolute Gasteiger partial charge is 0.336 e. The van der Waals surface area contributed by atoms with E-state index in [2.05, 4.69) is 22.0 Å². The molecular weight excluding hydrogens is 404 g/mol. The highest BCUT2D eigenvalue weighted by Gasteiger charge is 2.25. The van der Waals surface area contributed by atoms with Gasteiger partial charge in [-0.1, -0.05) is 12.1 Å². The first-order valence-corrected chi connectivity index (χ1v) is 10.2. The minimum absolute atomic E-state index is 0.293. The third-order valence-electron chi connectivity index (χ3n) is 5.97. The standard InChI is InChI=1S/C25H22N4O3/c1-28(16-7-9-17(32-3)10-8-16)22-6-4-5-19-23(27-29(2)24(19)22)15-13-20-18(25(30)31)11-12-26-21(20)14-15/h4-12,14H,13H2,1-3H3,(H,30,31). The van der Waals surface area contributed by atoms with E-state index in [0.717, 1.165) is 44.9 Å². The Bertz CT molecular complexity index is 1390. The molecule has 0 aliphatic heterocycles. The number of hydrogen-bond acceptors (Lipinski definition) is 5. The number of aromatic nitrogens is 3. The number of aryl methyl sites for hydroxylation is 1. The highest BCUT2D eigenvalue weighted by Crippen LogP contribution is 2.38. The van der Waals surface area contributed by atoms with Crippen LogP contribution in [0.2, 0.25) is 0 Å². The van der Waals surface area contributed by atoms with Crippen LogP contribution in [0.4, 0.5) is 11.4 Å². The van der Waals surface area contributed by atoms with Gasteiger partial charge in [-0.25, -0.2) is 4.79 Å². The van der Waals surface area contributed by atoms with E-state index in [9.17, 15) is 9.90 Å². The van der Waals surface area contributed by atoms with E-state index in [-0.39, 0.29) is 0 Å². The van der Waals surface area contributed by atoms with Gasteiger partial charge >= 0.3 is 5.97 Å². The lowest BCUT2D eigenvalue weighted by molar-refractivity contribution is 0.0695. The number of anilines is 2. The zero-order valence-electron chi connectivity index (χ0n) is 18.0. The van der Waals surface area contributed by atoms with Crippen molar-refractivity contribution in [1.29, 1.82) is 0 Å². The lowest BCUT2D eigenvalue weighted by Crippen LogP contribution is -2.10. The monoisotopic (exact) mass is 426 g/mol. The zero-order valence-corrected chi connectivity index (χ0v) is 18.0. The fourth-order valence-electron chi connectivity index (χ4n) is 4.35. The number of fused-ring (bicyclic) bond motifs is 2. The van der Waals surface area contributed by atoms with E-state index >= 15 is 0 Å². The molecule has 2 heterocycles. The number of pyridine rings is 1. The highest BCUT2D eigenvalue weighted by atomic mass is 16.5. The Kier molecular flexibility index (Phi) is 4.66. The average Bonchev–Trinajstić information content (AvgIpc) is 3.39. The summed E-state index contributed by atoms with van der Waals surface area (Å²) >= 11 is 0. The largest absolute Gasteiger partial charge is 0.497 e. The summed E-state index contributed by atoms with van der Waals surface area (Å²) < 4.78 is 7.16. The second-order valence-corrected chi connectivity index (χ2v) is 7.78. The van der Waals surface area contributed by atoms with Crippen LogP contribution in [0.1, 0.15) is 27.3 Å². The molecule has 0 unspecified atom stereocenters. The molecule has 5 rings (SSSR count). The van der Waals surface area contributed by atoms with Crippen LogP contribution in [0.15, 0.2) is 54.7 Å². The van der Waals surface area contributed by atoms with Gasteiger partial charge in [0.05, 0.1) is 35.3 Å². The predicted molar refractivity (Wildman–Crippen MR) is 125 cm³/mol. The number of benzene rings is 2. The fraction of sp³-hybridized carbons (Fsp3) is 0.160. The molecule has 0 radical (unpaired) electrons. The second kappa shape index (κ2) is 7.53. The van der Waals surface area contributed by atoms with Crippen LogP contribution in [-0.4, -0.2) is 40.0 Å². The summed E-state index contributed by atoms with van der Waals surface area (Å²) in [4.78, 5) is 18.1. The van der Waals surface area contributed by atoms with Gasteiger partial charge in [0.15, 0.2) is 0 Å². The van der Waals surface area contributed by atoms with Crippen LogP contribution in [0, 0.1) is 0 Å². The van der Waals surface area contributed by atoms with Gasteiger partial charge in [-0.15, -0.1) is 0 Å². The summed E-state index contributed by atoms with van der Waals surface area (Å²) in [7, 11) is 5.61. The molecule has 1 N–H and O–H groups in total. The minimum Gasteiger partial charge on any atom is -0.497 e. The van der Waals surface area contributed by atoms with Crippen molar-refractivity contribution in [3.8, 4) is 5.75 Å². The fourth-order valence-corrected chi connectivity index (χ4v) is 4.35. The van der Waals surface area contributed by atoms with Gasteiger partial charge in [-0.3, -0.25) is 9.67 Å². The number of carboxylic acid groups (broad SMARTS) is 1. The number of allylic oxidation sites excluding steroid dienone is 1. The first-order chi connectivity index (χ1) is 15.5. The van der Waals surface area contributed by atoms with Crippen LogP contribution in [0.25, 0.3) is 22.6 Å². The molecule has 0 fully saturated rings. The average molecular weight is 426 g/mol. The number of hydrogen-bond donors (Lipinski definition) is 1. The number of carboxylic acids is 1. The summed E-state index contributed by atoms with van der Waals surface area (Å²) in [6.45, 7) is 0. The van der Waals surface area contributed by atoms with Crippen molar-refractivity contribution in [2.45, 2.75) is 6.42 Å². The van der Waals surface area contributed by atoms with Gasteiger partial charge in [0.2, 0.25) is 0 Å². The quantitative estimate of drug-likeness (QED) is 0.505. The Labute approximate surface area is 185 Å². The molecule has 160 valence electrons. The number of carbonyl (C=O) groups is 1. The van der Waals surface area contributed by atoms with Gasteiger partial charge in [-0.05, 0) is 53.6 Å². The number of aromatic carboxylic acids is 1. The van der Waals surface area contributed by atoms with Crippen LogP contribution >= 0.6 is 0 Å². The third-order valence-corrected chi connectivity index (χ3v) is 5.97. The normalized spacial score (nSPS) is 12.5. The Morgan fingerprint density at radius 1 is 1.16 bits per heavy atom. The lowest BCUT2D eigenvalue weighted by Gasteiger charge is -2.21. The summed E-state index contributed by atoms with van der Waals surface area (Å²) in [5, 5.41) is 15.4. The van der Waals surface area contributed by atoms with Gasteiger partial charge in [-0.2, -0.15) is 5.10 Å². The van der Waals surface area contributed by atoms with Crippen LogP contribution in [-0.2, 0) is 13.5 Å². The Hall–Kier alpha value is -4.13. The van der Waals surface area contributed by atoms with Crippen molar-refractivity contribution in [3.63, 3.8) is 0 Å². The molecule has 1 aliphatic rings. The van der Waals surface area contributed by atoms with E-state index in [1.165, 1.54) is 0 Å². The first-order valence-electron chi connectivity index (χ1n) is 10.2. The zero-order chi connectivity index (χ0) is 22.4. The summed E-state index contributed by atoms with van der Waals surface area (Å²) in [5.41, 5.74) is 6.60. The van der Waals surface area contributed by atoms with Gasteiger partial charge in [0.25, 0.3) is 0 Å². The van der Waals surface area contributed by atoms with E-state index < -0.39 is 5.97 Å². The summed E-state index contributed by atoms with van der Waals surface area (Å²) in [5.74, 6) is -0.127. The Morgan fingerprint density at radius 2 is 1.94 bits per heavy atom. The number of ether oxygens (including phenoxy) is 1. The van der Waals surface area contributed by atoms with Gasteiger partial charge in [0, 0.05) is 37.8 Å². The maximum absolute atomic E-state index is 11.6. The maximum Gasteiger partial charge on any atom is 0.336 e. The van der Waals surface area contributed by atoms with E-state index in [1.807, 2.05) is 55.2 Å². The molecule has 2 aromatic carbocycles. The molecule has 1 aliphatic carbocycles. The molecule has 0 saturated carbocycles.